The molecular weight excluding hydrogens is 402 g/mol. The van der Waals surface area contributed by atoms with E-state index in [9.17, 15) is 13.2 Å². The largest absolute Gasteiger partial charge is 0.497 e. The zero-order chi connectivity index (χ0) is 21.6. The van der Waals surface area contributed by atoms with E-state index in [-0.39, 0.29) is 12.5 Å². The van der Waals surface area contributed by atoms with E-state index in [4.69, 9.17) is 4.74 Å². The Bertz CT molecular complexity index is 942. The summed E-state index contributed by atoms with van der Waals surface area (Å²) >= 11 is 0. The van der Waals surface area contributed by atoms with Crippen molar-refractivity contribution in [3.8, 4) is 5.75 Å². The molecule has 3 rings (SSSR count). The molecule has 0 unspecified atom stereocenters. The van der Waals surface area contributed by atoms with Gasteiger partial charge in [-0.2, -0.15) is 0 Å². The smallest absolute Gasteiger partial charge is 0.232 e. The Balaban J connectivity index is 1.52. The highest BCUT2D eigenvalue weighted by atomic mass is 32.2. The second-order valence-corrected chi connectivity index (χ2v) is 9.25. The topological polar surface area (TPSA) is 70.2 Å². The highest BCUT2D eigenvalue weighted by molar-refractivity contribution is 7.92. The molecule has 7 nitrogen and oxygen atoms in total. The number of ether oxygens (including phenoxy) is 1. The third-order valence-electron chi connectivity index (χ3n) is 5.25. The number of amides is 1. The lowest BCUT2D eigenvalue weighted by Crippen LogP contribution is -2.48. The first kappa shape index (κ1) is 22.0. The summed E-state index contributed by atoms with van der Waals surface area (Å²) in [7, 11) is -1.92. The van der Waals surface area contributed by atoms with Gasteiger partial charge in [0.15, 0.2) is 0 Å². The maximum atomic E-state index is 12.6. The van der Waals surface area contributed by atoms with Crippen LogP contribution in [0.4, 0.5) is 11.4 Å². The number of anilines is 2. The minimum Gasteiger partial charge on any atom is -0.497 e. The number of hydrogen-bond donors (Lipinski definition) is 0. The van der Waals surface area contributed by atoms with Gasteiger partial charge in [0.1, 0.15) is 5.75 Å². The Kier molecular flexibility index (Phi) is 7.20. The molecule has 0 saturated carbocycles. The van der Waals surface area contributed by atoms with Crippen molar-refractivity contribution in [2.45, 2.75) is 12.8 Å². The highest BCUT2D eigenvalue weighted by Gasteiger charge is 2.22. The van der Waals surface area contributed by atoms with Gasteiger partial charge in [-0.15, -0.1) is 0 Å². The van der Waals surface area contributed by atoms with Crippen molar-refractivity contribution >= 4 is 27.3 Å². The zero-order valence-corrected chi connectivity index (χ0v) is 18.3. The number of rotatable bonds is 8. The van der Waals surface area contributed by atoms with Crippen LogP contribution in [0.25, 0.3) is 0 Å². The van der Waals surface area contributed by atoms with Crippen LogP contribution in [0.5, 0.6) is 5.75 Å². The highest BCUT2D eigenvalue weighted by Crippen LogP contribution is 2.23. The summed E-state index contributed by atoms with van der Waals surface area (Å²) < 4.78 is 31.1. The number of hydrogen-bond acceptors (Lipinski definition) is 5. The Hall–Kier alpha value is -2.74. The molecular formula is C22H29N3O4S. The summed E-state index contributed by atoms with van der Waals surface area (Å²) in [5.74, 6) is 0.662. The Morgan fingerprint density at radius 3 is 2.37 bits per heavy atom. The summed E-state index contributed by atoms with van der Waals surface area (Å²) in [5, 5.41) is 0. The van der Waals surface area contributed by atoms with E-state index in [1.165, 1.54) is 16.2 Å². The van der Waals surface area contributed by atoms with Gasteiger partial charge in [-0.3, -0.25) is 9.10 Å². The Morgan fingerprint density at radius 2 is 1.73 bits per heavy atom. The Labute approximate surface area is 178 Å². The molecule has 1 aliphatic heterocycles. The SMILES string of the molecule is COc1cccc(N(CCCC(=O)N2CCN(c3ccccc3)CC2)S(C)(=O)=O)c1. The number of benzene rings is 2. The van der Waals surface area contributed by atoms with E-state index < -0.39 is 10.0 Å². The van der Waals surface area contributed by atoms with Crippen molar-refractivity contribution in [3.05, 3.63) is 54.6 Å². The first-order valence-corrected chi connectivity index (χ1v) is 11.9. The lowest BCUT2D eigenvalue weighted by atomic mass is 10.2. The molecule has 2 aromatic carbocycles. The van der Waals surface area contributed by atoms with Crippen LogP contribution in [0.3, 0.4) is 0 Å². The molecule has 0 aliphatic carbocycles. The maximum absolute atomic E-state index is 12.6. The minimum atomic E-state index is -3.46. The lowest BCUT2D eigenvalue weighted by molar-refractivity contribution is -0.131. The van der Waals surface area contributed by atoms with Gasteiger partial charge < -0.3 is 14.5 Å². The van der Waals surface area contributed by atoms with E-state index in [1.54, 1.807) is 31.4 Å². The van der Waals surface area contributed by atoms with Gasteiger partial charge in [0, 0.05) is 50.9 Å². The molecule has 0 aromatic heterocycles. The molecule has 8 heteroatoms. The van der Waals surface area contributed by atoms with Crippen molar-refractivity contribution in [1.82, 2.24) is 4.90 Å². The van der Waals surface area contributed by atoms with Crippen molar-refractivity contribution < 1.29 is 17.9 Å². The molecule has 30 heavy (non-hydrogen) atoms. The fourth-order valence-electron chi connectivity index (χ4n) is 3.64. The van der Waals surface area contributed by atoms with Crippen molar-refractivity contribution in [2.24, 2.45) is 0 Å². The summed E-state index contributed by atoms with van der Waals surface area (Å²) in [5.41, 5.74) is 1.72. The normalized spacial score (nSPS) is 14.5. The summed E-state index contributed by atoms with van der Waals surface area (Å²) in [4.78, 5) is 16.8. The number of sulfonamides is 1. The van der Waals surface area contributed by atoms with E-state index in [2.05, 4.69) is 17.0 Å². The third-order valence-corrected chi connectivity index (χ3v) is 6.44. The molecule has 1 fully saturated rings. The number of para-hydroxylation sites is 1. The monoisotopic (exact) mass is 431 g/mol. The molecule has 0 bridgehead atoms. The fourth-order valence-corrected chi connectivity index (χ4v) is 4.59. The van der Waals surface area contributed by atoms with E-state index in [0.717, 1.165) is 13.1 Å². The van der Waals surface area contributed by atoms with E-state index >= 15 is 0 Å². The Morgan fingerprint density at radius 1 is 1.03 bits per heavy atom. The predicted octanol–water partition coefficient (Wildman–Crippen LogP) is 2.59. The van der Waals surface area contributed by atoms with Gasteiger partial charge in [-0.1, -0.05) is 24.3 Å². The third kappa shape index (κ3) is 5.66. The quantitative estimate of drug-likeness (QED) is 0.643. The number of methoxy groups -OCH3 is 1. The number of nitrogens with zero attached hydrogens (tertiary/aromatic N) is 3. The first-order chi connectivity index (χ1) is 14.4. The molecule has 2 aromatic rings. The number of carbonyl (C=O) groups is 1. The minimum absolute atomic E-state index is 0.0711. The van der Waals surface area contributed by atoms with Gasteiger partial charge >= 0.3 is 0 Å². The summed E-state index contributed by atoms with van der Waals surface area (Å²) in [6, 6.07) is 17.1. The standard InChI is InChI=1S/C22H29N3O4S/c1-29-21-11-6-10-20(18-21)25(30(2,27)28)13-7-12-22(26)24-16-14-23(15-17-24)19-8-4-3-5-9-19/h3-6,8-11,18H,7,12-17H2,1-2H3. The molecule has 0 radical (unpaired) electrons. The first-order valence-electron chi connectivity index (χ1n) is 10.1. The van der Waals surface area contributed by atoms with E-state index in [0.29, 0.717) is 37.4 Å². The average Bonchev–Trinajstić information content (AvgIpc) is 2.76. The maximum Gasteiger partial charge on any atom is 0.232 e. The van der Waals surface area contributed by atoms with Crippen LogP contribution >= 0.6 is 0 Å². The summed E-state index contributed by atoms with van der Waals surface area (Å²) in [6.45, 7) is 3.21. The molecule has 1 heterocycles. The van der Waals surface area contributed by atoms with Crippen LogP contribution in [0.2, 0.25) is 0 Å². The predicted molar refractivity (Wildman–Crippen MR) is 120 cm³/mol. The molecule has 0 spiro atoms. The van der Waals surface area contributed by atoms with Crippen molar-refractivity contribution in [1.29, 1.82) is 0 Å². The second-order valence-electron chi connectivity index (χ2n) is 7.34. The van der Waals surface area contributed by atoms with Crippen LogP contribution in [0.15, 0.2) is 54.6 Å². The second kappa shape index (κ2) is 9.84. The molecule has 1 amide bonds. The average molecular weight is 432 g/mol. The number of carbonyl (C=O) groups excluding carboxylic acids is 1. The lowest BCUT2D eigenvalue weighted by Gasteiger charge is -2.36. The van der Waals surface area contributed by atoms with Crippen LogP contribution in [-0.4, -0.2) is 65.3 Å². The molecule has 1 aliphatic rings. The van der Waals surface area contributed by atoms with Crippen molar-refractivity contribution in [3.63, 3.8) is 0 Å². The zero-order valence-electron chi connectivity index (χ0n) is 17.5. The molecule has 1 saturated heterocycles. The summed E-state index contributed by atoms with van der Waals surface area (Å²) in [6.07, 6.45) is 1.96. The van der Waals surface area contributed by atoms with Gasteiger partial charge in [0.05, 0.1) is 19.1 Å². The van der Waals surface area contributed by atoms with Gasteiger partial charge in [0.25, 0.3) is 0 Å². The van der Waals surface area contributed by atoms with Crippen LogP contribution < -0.4 is 13.9 Å². The van der Waals surface area contributed by atoms with Gasteiger partial charge in [-0.05, 0) is 30.7 Å². The number of piperazine rings is 1. The van der Waals surface area contributed by atoms with E-state index in [1.807, 2.05) is 23.1 Å². The van der Waals surface area contributed by atoms with Gasteiger partial charge in [0.2, 0.25) is 15.9 Å². The molecule has 162 valence electrons. The van der Waals surface area contributed by atoms with Crippen LogP contribution in [0.1, 0.15) is 12.8 Å². The van der Waals surface area contributed by atoms with Crippen LogP contribution in [0, 0.1) is 0 Å². The van der Waals surface area contributed by atoms with Crippen LogP contribution in [-0.2, 0) is 14.8 Å². The van der Waals surface area contributed by atoms with Crippen molar-refractivity contribution in [2.75, 3.05) is 55.3 Å². The molecule has 0 atom stereocenters. The van der Waals surface area contributed by atoms with Gasteiger partial charge in [-0.25, -0.2) is 8.42 Å². The molecule has 0 N–H and O–H groups in total. The fraction of sp³-hybridized carbons (Fsp3) is 0.409.